The van der Waals surface area contributed by atoms with Crippen molar-refractivity contribution in [2.75, 3.05) is 10.5 Å². The largest absolute Gasteiger partial charge is 0.399 e. The Labute approximate surface area is 116 Å². The van der Waals surface area contributed by atoms with Crippen molar-refractivity contribution in [2.45, 2.75) is 11.8 Å². The van der Waals surface area contributed by atoms with Crippen LogP contribution in [-0.4, -0.2) is 13.0 Å². The van der Waals surface area contributed by atoms with E-state index in [1.165, 1.54) is 35.0 Å². The third kappa shape index (κ3) is 2.83. The van der Waals surface area contributed by atoms with Gasteiger partial charge in [-0.2, -0.15) is 0 Å². The van der Waals surface area contributed by atoms with Gasteiger partial charge < -0.3 is 10.3 Å². The minimum Gasteiger partial charge on any atom is -0.399 e. The first-order chi connectivity index (χ1) is 9.29. The maximum absolute atomic E-state index is 12.2. The molecule has 2 rings (SSSR count). The summed E-state index contributed by atoms with van der Waals surface area (Å²) in [6.07, 6.45) is 1.42. The molecule has 0 aliphatic carbocycles. The summed E-state index contributed by atoms with van der Waals surface area (Å²) < 4.78 is 28.2. The zero-order chi connectivity index (χ0) is 14.9. The Kier molecular flexibility index (Phi) is 3.54. The third-order valence-electron chi connectivity index (χ3n) is 2.89. The molecule has 20 heavy (non-hydrogen) atoms. The van der Waals surface area contributed by atoms with Crippen LogP contribution in [0.1, 0.15) is 5.56 Å². The number of aromatic nitrogens is 1. The van der Waals surface area contributed by atoms with E-state index in [1.54, 1.807) is 20.0 Å². The first kappa shape index (κ1) is 14.1. The van der Waals surface area contributed by atoms with Gasteiger partial charge in [-0.25, -0.2) is 8.42 Å². The van der Waals surface area contributed by atoms with E-state index in [-0.39, 0.29) is 10.5 Å². The molecule has 3 N–H and O–H groups in total. The van der Waals surface area contributed by atoms with Gasteiger partial charge >= 0.3 is 0 Å². The second-order valence-corrected chi connectivity index (χ2v) is 6.17. The molecule has 6 nitrogen and oxygen atoms in total. The van der Waals surface area contributed by atoms with Crippen LogP contribution in [0.15, 0.2) is 46.2 Å². The number of hydrogen-bond acceptors (Lipinski definition) is 4. The number of nitrogens with one attached hydrogen (secondary N) is 1. The Morgan fingerprint density at radius 1 is 1.20 bits per heavy atom. The van der Waals surface area contributed by atoms with Gasteiger partial charge in [0.1, 0.15) is 0 Å². The maximum Gasteiger partial charge on any atom is 0.261 e. The second-order valence-electron chi connectivity index (χ2n) is 4.49. The molecular formula is C13H15N3O3S. The fraction of sp³-hybridized carbons (Fsp3) is 0.154. The maximum atomic E-state index is 12.2. The monoisotopic (exact) mass is 293 g/mol. The number of benzene rings is 1. The molecule has 1 heterocycles. The Hall–Kier alpha value is -2.28. The zero-order valence-electron chi connectivity index (χ0n) is 11.1. The normalized spacial score (nSPS) is 11.3. The molecule has 7 heteroatoms. The van der Waals surface area contributed by atoms with E-state index in [2.05, 4.69) is 4.72 Å². The highest BCUT2D eigenvalue weighted by Gasteiger charge is 2.15. The fourth-order valence-electron chi connectivity index (χ4n) is 1.68. The van der Waals surface area contributed by atoms with Crippen molar-refractivity contribution in [1.29, 1.82) is 0 Å². The molecule has 0 saturated carbocycles. The van der Waals surface area contributed by atoms with Crippen LogP contribution < -0.4 is 16.0 Å². The molecule has 0 spiro atoms. The van der Waals surface area contributed by atoms with Gasteiger partial charge in [-0.15, -0.1) is 0 Å². The Bertz CT molecular complexity index is 810. The van der Waals surface area contributed by atoms with Crippen molar-refractivity contribution in [3.63, 3.8) is 0 Å². The standard InChI is InChI=1S/C13H15N3O3S/c1-9-7-11(4-5-12(9)14)20(18,19)15-10-3-6-13(17)16(2)8-10/h3-8,15H,14H2,1-2H3. The summed E-state index contributed by atoms with van der Waals surface area (Å²) in [5.74, 6) is 0. The van der Waals surface area contributed by atoms with Crippen molar-refractivity contribution < 1.29 is 8.42 Å². The Morgan fingerprint density at radius 3 is 2.50 bits per heavy atom. The van der Waals surface area contributed by atoms with Crippen LogP contribution in [0.3, 0.4) is 0 Å². The molecule has 0 fully saturated rings. The second kappa shape index (κ2) is 5.01. The summed E-state index contributed by atoms with van der Waals surface area (Å²) in [7, 11) is -2.15. The molecular weight excluding hydrogens is 278 g/mol. The van der Waals surface area contributed by atoms with Crippen LogP contribution in [0.4, 0.5) is 11.4 Å². The topological polar surface area (TPSA) is 94.2 Å². The number of hydrogen-bond donors (Lipinski definition) is 2. The molecule has 2 aromatic rings. The van der Waals surface area contributed by atoms with Gasteiger partial charge in [0.2, 0.25) is 5.56 Å². The number of nitrogens with zero attached hydrogens (tertiary/aromatic N) is 1. The van der Waals surface area contributed by atoms with Gasteiger partial charge in [-0.1, -0.05) is 0 Å². The lowest BCUT2D eigenvalue weighted by atomic mass is 10.2. The van der Waals surface area contributed by atoms with Crippen LogP contribution in [0, 0.1) is 6.92 Å². The van der Waals surface area contributed by atoms with Crippen LogP contribution >= 0.6 is 0 Å². The molecule has 0 aliphatic heterocycles. The summed E-state index contributed by atoms with van der Waals surface area (Å²) in [6, 6.07) is 7.20. The first-order valence-electron chi connectivity index (χ1n) is 5.85. The first-order valence-corrected chi connectivity index (χ1v) is 7.33. The van der Waals surface area contributed by atoms with E-state index in [0.717, 1.165) is 0 Å². The summed E-state index contributed by atoms with van der Waals surface area (Å²) in [6.45, 7) is 1.74. The van der Waals surface area contributed by atoms with Crippen molar-refractivity contribution in [3.05, 3.63) is 52.4 Å². The lowest BCUT2D eigenvalue weighted by Crippen LogP contribution is -2.18. The van der Waals surface area contributed by atoms with Gasteiger partial charge in [0.05, 0.1) is 10.6 Å². The van der Waals surface area contributed by atoms with Gasteiger partial charge in [0, 0.05) is 25.0 Å². The van der Waals surface area contributed by atoms with E-state index in [4.69, 9.17) is 5.73 Å². The molecule has 1 aromatic carbocycles. The number of nitrogens with two attached hydrogens (primary N) is 1. The average molecular weight is 293 g/mol. The van der Waals surface area contributed by atoms with Crippen molar-refractivity contribution >= 4 is 21.4 Å². The Morgan fingerprint density at radius 2 is 1.90 bits per heavy atom. The number of rotatable bonds is 3. The highest BCUT2D eigenvalue weighted by Crippen LogP contribution is 2.19. The predicted molar refractivity (Wildman–Crippen MR) is 78.1 cm³/mol. The number of nitrogen functional groups attached to an aromatic ring is 1. The van der Waals surface area contributed by atoms with E-state index >= 15 is 0 Å². The van der Waals surface area contributed by atoms with Crippen LogP contribution in [-0.2, 0) is 17.1 Å². The van der Waals surface area contributed by atoms with Crippen LogP contribution in [0.25, 0.3) is 0 Å². The number of anilines is 2. The molecule has 0 radical (unpaired) electrons. The summed E-state index contributed by atoms with van der Waals surface area (Å²) >= 11 is 0. The lowest BCUT2D eigenvalue weighted by molar-refractivity contribution is 0.601. The molecule has 0 saturated heterocycles. The summed E-state index contributed by atoms with van der Waals surface area (Å²) in [5, 5.41) is 0. The predicted octanol–water partition coefficient (Wildman–Crippen LogP) is 1.08. The molecule has 1 aromatic heterocycles. The van der Waals surface area contributed by atoms with Gasteiger partial charge in [0.25, 0.3) is 10.0 Å². The average Bonchev–Trinajstić information content (AvgIpc) is 2.37. The van der Waals surface area contributed by atoms with E-state index in [0.29, 0.717) is 16.9 Å². The number of aryl methyl sites for hydroxylation is 2. The highest BCUT2D eigenvalue weighted by molar-refractivity contribution is 7.92. The van der Waals surface area contributed by atoms with Crippen LogP contribution in [0.2, 0.25) is 0 Å². The molecule has 0 unspecified atom stereocenters. The SMILES string of the molecule is Cc1cc(S(=O)(=O)Nc2ccc(=O)n(C)c2)ccc1N. The molecule has 0 aliphatic rings. The van der Waals surface area contributed by atoms with Gasteiger partial charge in [0.15, 0.2) is 0 Å². The minimum absolute atomic E-state index is 0.123. The number of sulfonamides is 1. The summed E-state index contributed by atoms with van der Waals surface area (Å²) in [4.78, 5) is 11.4. The smallest absolute Gasteiger partial charge is 0.261 e. The molecule has 0 bridgehead atoms. The molecule has 0 atom stereocenters. The highest BCUT2D eigenvalue weighted by atomic mass is 32.2. The fourth-order valence-corrected chi connectivity index (χ4v) is 2.81. The quantitative estimate of drug-likeness (QED) is 0.828. The van der Waals surface area contributed by atoms with Crippen molar-refractivity contribution in [3.8, 4) is 0 Å². The lowest BCUT2D eigenvalue weighted by Gasteiger charge is -2.10. The van der Waals surface area contributed by atoms with E-state index in [9.17, 15) is 13.2 Å². The Balaban J connectivity index is 2.37. The minimum atomic E-state index is -3.70. The van der Waals surface area contributed by atoms with Gasteiger partial charge in [-0.3, -0.25) is 9.52 Å². The number of pyridine rings is 1. The van der Waals surface area contributed by atoms with Crippen molar-refractivity contribution in [1.82, 2.24) is 4.57 Å². The molecule has 0 amide bonds. The van der Waals surface area contributed by atoms with E-state index < -0.39 is 10.0 Å². The van der Waals surface area contributed by atoms with Crippen molar-refractivity contribution in [2.24, 2.45) is 7.05 Å². The molecule has 106 valence electrons. The third-order valence-corrected chi connectivity index (χ3v) is 4.27. The van der Waals surface area contributed by atoms with E-state index in [1.807, 2.05) is 0 Å². The van der Waals surface area contributed by atoms with Crippen LogP contribution in [0.5, 0.6) is 0 Å². The summed E-state index contributed by atoms with van der Waals surface area (Å²) in [5.41, 5.74) is 7.00. The van der Waals surface area contributed by atoms with Gasteiger partial charge in [-0.05, 0) is 36.8 Å². The zero-order valence-corrected chi connectivity index (χ0v) is 11.9.